The Hall–Kier alpha value is -2.26. The van der Waals surface area contributed by atoms with Crippen LogP contribution in [0.25, 0.3) is 22.2 Å². The molecule has 2 heterocycles. The molecule has 0 spiro atoms. The lowest BCUT2D eigenvalue weighted by atomic mass is 9.98. The number of benzene rings is 2. The Bertz CT molecular complexity index is 937. The van der Waals surface area contributed by atoms with Crippen LogP contribution in [0.4, 0.5) is 0 Å². The third kappa shape index (κ3) is 2.41. The minimum absolute atomic E-state index is 0.740. The number of halogens is 1. The lowest BCUT2D eigenvalue weighted by Crippen LogP contribution is -2.20. The van der Waals surface area contributed by atoms with Crippen LogP contribution in [0.1, 0.15) is 16.7 Å². The number of H-pyrrole nitrogens is 1. The number of hydrogen-bond acceptors (Lipinski definition) is 2. The first-order valence-electron chi connectivity index (χ1n) is 7.81. The predicted molar refractivity (Wildman–Crippen MR) is 97.6 cm³/mol. The quantitative estimate of drug-likeness (QED) is 0.718. The molecular weight excluding hydrogens is 306 g/mol. The summed E-state index contributed by atoms with van der Waals surface area (Å²) < 4.78 is 0. The van der Waals surface area contributed by atoms with E-state index in [0.717, 1.165) is 46.1 Å². The summed E-state index contributed by atoms with van der Waals surface area (Å²) in [6, 6.07) is 12.5. The number of nitrogens with one attached hydrogen (secondary N) is 2. The van der Waals surface area contributed by atoms with Crippen molar-refractivity contribution in [2.24, 2.45) is 4.99 Å². The number of aromatic nitrogens is 1. The van der Waals surface area contributed by atoms with Gasteiger partial charge < -0.3 is 10.3 Å². The van der Waals surface area contributed by atoms with Gasteiger partial charge in [0.2, 0.25) is 0 Å². The highest BCUT2D eigenvalue weighted by molar-refractivity contribution is 6.31. The molecule has 0 bridgehead atoms. The average Bonchev–Trinajstić information content (AvgIpc) is 3.16. The van der Waals surface area contributed by atoms with E-state index in [4.69, 9.17) is 11.6 Å². The van der Waals surface area contributed by atoms with E-state index in [2.05, 4.69) is 47.3 Å². The lowest BCUT2D eigenvalue weighted by molar-refractivity contribution is 0.960. The highest BCUT2D eigenvalue weighted by Crippen LogP contribution is 2.34. The predicted octanol–water partition coefficient (Wildman–Crippen LogP) is 4.45. The lowest BCUT2D eigenvalue weighted by Gasteiger charge is -2.10. The van der Waals surface area contributed by atoms with Crippen molar-refractivity contribution in [1.29, 1.82) is 0 Å². The molecule has 23 heavy (non-hydrogen) atoms. The number of amidine groups is 1. The summed E-state index contributed by atoms with van der Waals surface area (Å²) in [4.78, 5) is 8.21. The van der Waals surface area contributed by atoms with Crippen molar-refractivity contribution in [3.8, 4) is 11.3 Å². The maximum atomic E-state index is 6.23. The summed E-state index contributed by atoms with van der Waals surface area (Å²) in [5.41, 5.74) is 7.01. The zero-order valence-electron chi connectivity index (χ0n) is 13.2. The molecule has 0 atom stereocenters. The van der Waals surface area contributed by atoms with Crippen molar-refractivity contribution in [3.05, 3.63) is 58.1 Å². The second kappa shape index (κ2) is 5.43. The van der Waals surface area contributed by atoms with E-state index in [1.807, 2.05) is 18.2 Å². The molecule has 4 heteroatoms. The van der Waals surface area contributed by atoms with E-state index in [-0.39, 0.29) is 0 Å². The number of fused-ring (bicyclic) bond motifs is 1. The molecule has 1 aromatic heterocycles. The van der Waals surface area contributed by atoms with Gasteiger partial charge in [-0.25, -0.2) is 0 Å². The van der Waals surface area contributed by atoms with Crippen LogP contribution in [-0.4, -0.2) is 23.9 Å². The Kier molecular flexibility index (Phi) is 3.38. The van der Waals surface area contributed by atoms with Gasteiger partial charge >= 0.3 is 0 Å². The molecule has 4 rings (SSSR count). The maximum absolute atomic E-state index is 6.23. The molecule has 2 N–H and O–H groups in total. The zero-order chi connectivity index (χ0) is 16.0. The molecule has 0 radical (unpaired) electrons. The van der Waals surface area contributed by atoms with Gasteiger partial charge in [0.05, 0.1) is 12.2 Å². The van der Waals surface area contributed by atoms with Crippen molar-refractivity contribution in [3.63, 3.8) is 0 Å². The van der Waals surface area contributed by atoms with Crippen molar-refractivity contribution in [1.82, 2.24) is 10.3 Å². The van der Waals surface area contributed by atoms with E-state index >= 15 is 0 Å². The van der Waals surface area contributed by atoms with Gasteiger partial charge in [-0.3, -0.25) is 4.99 Å². The Labute approximate surface area is 140 Å². The van der Waals surface area contributed by atoms with Crippen molar-refractivity contribution in [2.45, 2.75) is 13.8 Å². The summed E-state index contributed by atoms with van der Waals surface area (Å²) >= 11 is 6.23. The molecule has 0 aliphatic carbocycles. The smallest absolute Gasteiger partial charge is 0.131 e. The topological polar surface area (TPSA) is 40.2 Å². The summed E-state index contributed by atoms with van der Waals surface area (Å²) in [5.74, 6) is 0.953. The average molecular weight is 324 g/mol. The van der Waals surface area contributed by atoms with E-state index in [1.165, 1.54) is 16.7 Å². The molecule has 2 aromatic carbocycles. The van der Waals surface area contributed by atoms with E-state index in [1.54, 1.807) is 0 Å². The fourth-order valence-electron chi connectivity index (χ4n) is 3.18. The van der Waals surface area contributed by atoms with Crippen LogP contribution in [0, 0.1) is 13.8 Å². The third-order valence-corrected chi connectivity index (χ3v) is 4.57. The fraction of sp³-hybridized carbons (Fsp3) is 0.211. The Morgan fingerprint density at radius 2 is 1.96 bits per heavy atom. The molecule has 1 aliphatic rings. The molecule has 1 aliphatic heterocycles. The highest BCUT2D eigenvalue weighted by atomic mass is 35.5. The number of aliphatic imine (C=N–C) groups is 1. The minimum Gasteiger partial charge on any atom is -0.368 e. The van der Waals surface area contributed by atoms with Gasteiger partial charge in [0.1, 0.15) is 5.84 Å². The Balaban J connectivity index is 2.06. The second-order valence-corrected chi connectivity index (χ2v) is 6.48. The van der Waals surface area contributed by atoms with Gasteiger partial charge in [-0.1, -0.05) is 29.3 Å². The largest absolute Gasteiger partial charge is 0.368 e. The van der Waals surface area contributed by atoms with Crippen LogP contribution in [-0.2, 0) is 0 Å². The van der Waals surface area contributed by atoms with Gasteiger partial charge in [-0.05, 0) is 43.7 Å². The molecular formula is C19H18ClN3. The first-order chi connectivity index (χ1) is 11.1. The van der Waals surface area contributed by atoms with Crippen LogP contribution in [0.15, 0.2) is 41.4 Å². The molecule has 0 amide bonds. The van der Waals surface area contributed by atoms with Gasteiger partial charge in [0.15, 0.2) is 0 Å². The zero-order valence-corrected chi connectivity index (χ0v) is 14.0. The van der Waals surface area contributed by atoms with Crippen LogP contribution < -0.4 is 5.32 Å². The number of hydrogen-bond donors (Lipinski definition) is 2. The first kappa shape index (κ1) is 14.3. The fourth-order valence-corrected chi connectivity index (χ4v) is 3.35. The Morgan fingerprint density at radius 3 is 2.74 bits per heavy atom. The summed E-state index contributed by atoms with van der Waals surface area (Å²) in [7, 11) is 0. The van der Waals surface area contributed by atoms with Crippen LogP contribution in [0.2, 0.25) is 5.02 Å². The maximum Gasteiger partial charge on any atom is 0.131 e. The third-order valence-electron chi connectivity index (χ3n) is 4.33. The number of aryl methyl sites for hydroxylation is 2. The van der Waals surface area contributed by atoms with Crippen molar-refractivity contribution in [2.75, 3.05) is 13.1 Å². The standard InChI is InChI=1S/C19H18ClN3/c1-11-3-4-12(2)14(9-11)18-17(19-21-7-8-22-19)15-10-13(20)5-6-16(15)23-18/h3-6,9-10,23H,7-8H2,1-2H3,(H,21,22). The molecule has 3 nitrogen and oxygen atoms in total. The molecule has 0 saturated heterocycles. The first-order valence-corrected chi connectivity index (χ1v) is 8.19. The minimum atomic E-state index is 0.740. The van der Waals surface area contributed by atoms with Gasteiger partial charge in [-0.15, -0.1) is 0 Å². The van der Waals surface area contributed by atoms with Crippen LogP contribution in [0.5, 0.6) is 0 Å². The van der Waals surface area contributed by atoms with Gasteiger partial charge in [-0.2, -0.15) is 0 Å². The van der Waals surface area contributed by atoms with Gasteiger partial charge in [0.25, 0.3) is 0 Å². The summed E-state index contributed by atoms with van der Waals surface area (Å²) in [6.45, 7) is 5.96. The highest BCUT2D eigenvalue weighted by Gasteiger charge is 2.21. The summed E-state index contributed by atoms with van der Waals surface area (Å²) in [6.07, 6.45) is 0. The van der Waals surface area contributed by atoms with Crippen molar-refractivity contribution >= 4 is 28.3 Å². The molecule has 3 aromatic rings. The van der Waals surface area contributed by atoms with Crippen LogP contribution in [0.3, 0.4) is 0 Å². The van der Waals surface area contributed by atoms with Crippen LogP contribution >= 0.6 is 11.6 Å². The SMILES string of the molecule is Cc1ccc(C)c(-c2[nH]c3ccc(Cl)cc3c2C2=NCCN2)c1. The number of aromatic amines is 1. The Morgan fingerprint density at radius 1 is 1.09 bits per heavy atom. The van der Waals surface area contributed by atoms with Crippen molar-refractivity contribution < 1.29 is 0 Å². The second-order valence-electron chi connectivity index (χ2n) is 6.04. The normalized spacial score (nSPS) is 14.1. The van der Waals surface area contributed by atoms with E-state index in [9.17, 15) is 0 Å². The molecule has 0 unspecified atom stereocenters. The van der Waals surface area contributed by atoms with Gasteiger partial charge in [0, 0.05) is 33.6 Å². The molecule has 116 valence electrons. The monoisotopic (exact) mass is 323 g/mol. The molecule has 0 saturated carbocycles. The van der Waals surface area contributed by atoms with E-state index in [0.29, 0.717) is 0 Å². The molecule has 0 fully saturated rings. The summed E-state index contributed by atoms with van der Waals surface area (Å²) in [5, 5.41) is 5.25. The van der Waals surface area contributed by atoms with E-state index < -0.39 is 0 Å². The number of rotatable bonds is 2. The number of nitrogens with zero attached hydrogens (tertiary/aromatic N) is 1.